The quantitative estimate of drug-likeness (QED) is 0.0800. The van der Waals surface area contributed by atoms with Crippen LogP contribution in [0.15, 0.2) is 89.5 Å². The number of nitro groups is 1. The lowest BCUT2D eigenvalue weighted by Crippen LogP contribution is -2.47. The summed E-state index contributed by atoms with van der Waals surface area (Å²) >= 11 is 6.27. The van der Waals surface area contributed by atoms with Crippen LogP contribution in [0.3, 0.4) is 0 Å². The number of fused-ring (bicyclic) bond motifs is 2. The van der Waals surface area contributed by atoms with Gasteiger partial charge in [-0.05, 0) is 97.3 Å². The second-order valence-electron chi connectivity index (χ2n) is 19.0. The second-order valence-corrected chi connectivity index (χ2v) is 21.1. The van der Waals surface area contributed by atoms with Gasteiger partial charge in [0.2, 0.25) is 5.88 Å². The van der Waals surface area contributed by atoms with Crippen LogP contribution < -0.4 is 24.6 Å². The molecule has 3 N–H and O–H groups in total. The van der Waals surface area contributed by atoms with Crippen molar-refractivity contribution >= 4 is 72.6 Å². The number of nitrogens with one attached hydrogen (secondary N) is 3. The predicted octanol–water partition coefficient (Wildman–Crippen LogP) is 9.27. The molecule has 0 saturated carbocycles. The van der Waals surface area contributed by atoms with E-state index in [1.165, 1.54) is 22.8 Å². The average molecular weight is 956 g/mol. The average Bonchev–Trinajstić information content (AvgIpc) is 3.70. The number of amides is 1. The highest BCUT2D eigenvalue weighted by Gasteiger charge is 2.35. The number of halogens is 2. The predicted molar refractivity (Wildman–Crippen MR) is 259 cm³/mol. The van der Waals surface area contributed by atoms with E-state index >= 15 is 4.39 Å². The fourth-order valence-corrected chi connectivity index (χ4v) is 10.8. The monoisotopic (exact) mass is 954 g/mol. The molecule has 3 aliphatic heterocycles. The van der Waals surface area contributed by atoms with Gasteiger partial charge in [0.25, 0.3) is 21.6 Å². The normalized spacial score (nSPS) is 19.9. The number of sulfonamides is 1. The minimum atomic E-state index is -4.66. The number of carbonyl (C=O) groups is 1. The number of nitrogens with zero attached hydrogens (tertiary/aromatic N) is 5. The van der Waals surface area contributed by atoms with Crippen molar-refractivity contribution in [2.75, 3.05) is 74.2 Å². The highest BCUT2D eigenvalue weighted by molar-refractivity contribution is 7.90. The number of H-pyrrole nitrogens is 1. The van der Waals surface area contributed by atoms with Gasteiger partial charge in [0.15, 0.2) is 0 Å². The molecule has 1 amide bonds. The molecule has 1 atom stereocenters. The molecule has 2 saturated heterocycles. The Labute approximate surface area is 394 Å². The number of hydrogen-bond donors (Lipinski definition) is 3. The number of nitro benzene ring substituents is 1. The molecule has 9 rings (SSSR count). The first-order valence-corrected chi connectivity index (χ1v) is 24.8. The molecule has 354 valence electrons. The van der Waals surface area contributed by atoms with Gasteiger partial charge in [0.05, 0.1) is 27.7 Å². The zero-order valence-corrected chi connectivity index (χ0v) is 39.5. The highest BCUT2D eigenvalue weighted by Crippen LogP contribution is 2.45. The van der Waals surface area contributed by atoms with Crippen molar-refractivity contribution < 1.29 is 32.0 Å². The van der Waals surface area contributed by atoms with E-state index in [0.29, 0.717) is 35.9 Å². The van der Waals surface area contributed by atoms with Gasteiger partial charge in [0.1, 0.15) is 22.7 Å². The van der Waals surface area contributed by atoms with Gasteiger partial charge in [-0.2, -0.15) is 4.98 Å². The first-order valence-electron chi connectivity index (χ1n) is 22.9. The Morgan fingerprint density at radius 1 is 0.985 bits per heavy atom. The number of benzene rings is 3. The zero-order chi connectivity index (χ0) is 47.1. The third kappa shape index (κ3) is 10.1. The molecule has 3 aromatic carbocycles. The molecule has 67 heavy (non-hydrogen) atoms. The lowest BCUT2D eigenvalue weighted by molar-refractivity contribution is -0.384. The molecular weight excluding hydrogens is 899 g/mol. The maximum Gasteiger partial charge on any atom is 0.293 e. The Hall–Kier alpha value is -5.75. The molecule has 18 heteroatoms. The first-order chi connectivity index (χ1) is 32.0. The fourth-order valence-electron chi connectivity index (χ4n) is 9.68. The van der Waals surface area contributed by atoms with Crippen LogP contribution in [-0.4, -0.2) is 105 Å². The van der Waals surface area contributed by atoms with E-state index in [-0.39, 0.29) is 55.3 Å². The molecule has 1 aliphatic carbocycles. The van der Waals surface area contributed by atoms with E-state index in [1.54, 1.807) is 12.3 Å². The van der Waals surface area contributed by atoms with Crippen LogP contribution in [0.25, 0.3) is 16.6 Å². The van der Waals surface area contributed by atoms with Crippen LogP contribution in [-0.2, 0) is 14.8 Å². The highest BCUT2D eigenvalue weighted by atomic mass is 35.5. The molecule has 2 fully saturated rings. The fraction of sp³-hybridized carbons (Fsp3) is 0.429. The number of ether oxygens (including phenoxy) is 2. The maximum atomic E-state index is 15.3. The second kappa shape index (κ2) is 18.7. The summed E-state index contributed by atoms with van der Waals surface area (Å²) in [6.45, 7) is 11.2. The summed E-state index contributed by atoms with van der Waals surface area (Å²) in [4.78, 5) is 40.1. The Morgan fingerprint density at radius 3 is 2.49 bits per heavy atom. The Morgan fingerprint density at radius 2 is 1.75 bits per heavy atom. The van der Waals surface area contributed by atoms with Gasteiger partial charge in [-0.3, -0.25) is 19.8 Å². The first kappa shape index (κ1) is 46.4. The topological polar surface area (TPSA) is 175 Å². The van der Waals surface area contributed by atoms with Gasteiger partial charge in [-0.25, -0.2) is 17.5 Å². The van der Waals surface area contributed by atoms with Crippen molar-refractivity contribution in [1.29, 1.82) is 0 Å². The molecule has 5 aromatic rings. The number of hydrogen-bond acceptors (Lipinski definition) is 12. The van der Waals surface area contributed by atoms with Crippen molar-refractivity contribution in [2.24, 2.45) is 5.41 Å². The molecule has 2 aromatic heterocycles. The molecule has 4 aliphatic rings. The van der Waals surface area contributed by atoms with Gasteiger partial charge in [-0.1, -0.05) is 43.2 Å². The number of rotatable bonds is 12. The smallest absolute Gasteiger partial charge is 0.293 e. The number of piperazine rings is 1. The number of alkyl halides is 1. The third-order valence-corrected chi connectivity index (χ3v) is 15.2. The van der Waals surface area contributed by atoms with Crippen molar-refractivity contribution in [3.8, 4) is 5.88 Å². The molecule has 0 radical (unpaired) electrons. The van der Waals surface area contributed by atoms with E-state index in [1.807, 2.05) is 48.2 Å². The van der Waals surface area contributed by atoms with Crippen LogP contribution in [0.2, 0.25) is 5.02 Å². The molecule has 0 spiro atoms. The van der Waals surface area contributed by atoms with Crippen molar-refractivity contribution in [1.82, 2.24) is 19.6 Å². The van der Waals surface area contributed by atoms with E-state index in [4.69, 9.17) is 26.1 Å². The Bertz CT molecular complexity index is 2820. The van der Waals surface area contributed by atoms with E-state index in [9.17, 15) is 23.3 Å². The van der Waals surface area contributed by atoms with Crippen LogP contribution in [0.4, 0.5) is 32.8 Å². The summed E-state index contributed by atoms with van der Waals surface area (Å²) in [5.74, 6) is -0.558. The van der Waals surface area contributed by atoms with Crippen LogP contribution >= 0.6 is 11.6 Å². The van der Waals surface area contributed by atoms with Crippen molar-refractivity contribution in [3.63, 3.8) is 0 Å². The number of pyridine rings is 1. The summed E-state index contributed by atoms with van der Waals surface area (Å²) in [6.07, 6.45) is 5.77. The number of anilines is 4. The molecule has 0 unspecified atom stereocenters. The van der Waals surface area contributed by atoms with E-state index in [2.05, 4.69) is 50.8 Å². The summed E-state index contributed by atoms with van der Waals surface area (Å²) in [5.41, 5.74) is 4.68. The SMILES string of the molecule is C[C@@H]1CCOc2nc3[nH]ccc3cc2N1c1cc(N2CCN(CC3=C(c4ccc(Cl)cc4)CC(C)(C)CC3)CC2)ccc1C(=O)NS(=O)(=O)c1ccc(NCC2(F)CCOCC2)c([N+](=O)[O-])c1. The summed E-state index contributed by atoms with van der Waals surface area (Å²) in [6, 6.07) is 20.4. The zero-order valence-electron chi connectivity index (χ0n) is 37.9. The van der Waals surface area contributed by atoms with Gasteiger partial charge in [0, 0.05) is 106 Å². The summed E-state index contributed by atoms with van der Waals surface area (Å²) in [5, 5.41) is 16.6. The van der Waals surface area contributed by atoms with Gasteiger partial charge >= 0.3 is 0 Å². The molecule has 0 bridgehead atoms. The molecule has 15 nitrogen and oxygen atoms in total. The van der Waals surface area contributed by atoms with Crippen LogP contribution in [0, 0.1) is 15.5 Å². The van der Waals surface area contributed by atoms with Crippen molar-refractivity contribution in [3.05, 3.63) is 111 Å². The number of carbonyl (C=O) groups excluding carboxylic acids is 1. The lowest BCUT2D eigenvalue weighted by Gasteiger charge is -2.40. The van der Waals surface area contributed by atoms with E-state index in [0.717, 1.165) is 80.2 Å². The van der Waals surface area contributed by atoms with Crippen LogP contribution in [0.1, 0.15) is 75.2 Å². The number of allylic oxidation sites excluding steroid dienone is 1. The molecule has 5 heterocycles. The number of aromatic amines is 1. The Kier molecular flexibility index (Phi) is 13.0. The maximum absolute atomic E-state index is 15.3. The Balaban J connectivity index is 1.00. The van der Waals surface area contributed by atoms with Crippen molar-refractivity contribution in [2.45, 2.75) is 75.9 Å². The largest absolute Gasteiger partial charge is 0.476 e. The summed E-state index contributed by atoms with van der Waals surface area (Å²) < 4.78 is 57.0. The standard InChI is InChI=1S/C49H56ClFN8O7S/c1-32-14-23-66-47-44(26-34-13-18-52-45(34)54-47)58(32)42-27-37(57-21-19-56(20-22-57)30-35-12-15-48(2,3)29-40(35)33-4-6-36(50)7-5-33)8-10-39(42)46(60)55-67(63,64)38-9-11-41(43(28-38)59(61)62)53-31-49(51)16-24-65-25-17-49/h4-11,13,18,26-28,32,53H,12,14-17,19-25,29-31H2,1-3H3,(H,52,54)(H,55,60)/t32-/m1/s1. The lowest BCUT2D eigenvalue weighted by atomic mass is 9.72. The number of aromatic nitrogens is 2. The third-order valence-electron chi connectivity index (χ3n) is 13.7. The minimum Gasteiger partial charge on any atom is -0.476 e. The molecular formula is C49H56ClFN8O7S. The van der Waals surface area contributed by atoms with Gasteiger partial charge < -0.3 is 29.6 Å². The summed E-state index contributed by atoms with van der Waals surface area (Å²) in [7, 11) is -4.66. The minimum absolute atomic E-state index is 0.0449. The van der Waals surface area contributed by atoms with E-state index < -0.39 is 37.1 Å². The van der Waals surface area contributed by atoms with Gasteiger partial charge in [-0.15, -0.1) is 0 Å². The van der Waals surface area contributed by atoms with Crippen LogP contribution in [0.5, 0.6) is 5.88 Å².